The molecule has 1 aromatic rings. The lowest BCUT2D eigenvalue weighted by molar-refractivity contribution is -0.126. The molecule has 2 saturated heterocycles. The molecule has 2 fully saturated rings. The van der Waals surface area contributed by atoms with Crippen molar-refractivity contribution in [3.8, 4) is 0 Å². The summed E-state index contributed by atoms with van der Waals surface area (Å²) in [4.78, 5) is 30.0. The van der Waals surface area contributed by atoms with Crippen LogP contribution in [0.4, 0.5) is 5.69 Å². The van der Waals surface area contributed by atoms with Gasteiger partial charge in [-0.1, -0.05) is 0 Å². The molecule has 3 heterocycles. The molecule has 1 N–H and O–H groups in total. The van der Waals surface area contributed by atoms with E-state index in [-0.39, 0.29) is 17.5 Å². The van der Waals surface area contributed by atoms with Crippen molar-refractivity contribution in [1.82, 2.24) is 9.88 Å². The highest BCUT2D eigenvalue weighted by molar-refractivity contribution is 5.94. The zero-order chi connectivity index (χ0) is 16.2. The molecule has 3 rings (SSSR count). The molecule has 1 unspecified atom stereocenters. The van der Waals surface area contributed by atoms with Gasteiger partial charge in [0.2, 0.25) is 5.91 Å². The van der Waals surface area contributed by atoms with Crippen LogP contribution < -0.4 is 5.32 Å². The molecule has 2 aliphatic rings. The van der Waals surface area contributed by atoms with Gasteiger partial charge in [-0.2, -0.15) is 0 Å². The number of carbonyl (C=O) groups excluding carboxylic acids is 2. The number of carbonyl (C=O) groups is 2. The van der Waals surface area contributed by atoms with Gasteiger partial charge in [0.15, 0.2) is 0 Å². The van der Waals surface area contributed by atoms with E-state index in [1.165, 1.54) is 6.20 Å². The number of nitrogens with zero attached hydrogens (tertiary/aromatic N) is 2. The molecule has 0 bridgehead atoms. The van der Waals surface area contributed by atoms with Crippen LogP contribution in [0.1, 0.15) is 23.8 Å². The maximum atomic E-state index is 12.2. The fourth-order valence-corrected chi connectivity index (χ4v) is 2.82. The number of rotatable bonds is 5. The first-order valence-corrected chi connectivity index (χ1v) is 7.93. The van der Waals surface area contributed by atoms with Crippen LogP contribution in [-0.4, -0.2) is 60.7 Å². The van der Waals surface area contributed by atoms with E-state index in [2.05, 4.69) is 15.2 Å². The average molecular weight is 319 g/mol. The molecule has 1 amide bonds. The minimum atomic E-state index is -0.459. The van der Waals surface area contributed by atoms with Crippen molar-refractivity contribution < 1.29 is 19.1 Å². The van der Waals surface area contributed by atoms with E-state index in [1.807, 2.05) is 0 Å². The molecule has 0 spiro atoms. The minimum absolute atomic E-state index is 0.000309. The van der Waals surface area contributed by atoms with Crippen LogP contribution >= 0.6 is 0 Å². The zero-order valence-electron chi connectivity index (χ0n) is 13.2. The van der Waals surface area contributed by atoms with Crippen molar-refractivity contribution in [2.45, 2.75) is 19.4 Å². The first kappa shape index (κ1) is 15.9. The third-order valence-electron chi connectivity index (χ3n) is 4.22. The molecule has 0 aromatic carbocycles. The van der Waals surface area contributed by atoms with E-state index in [0.29, 0.717) is 18.3 Å². The Morgan fingerprint density at radius 1 is 1.43 bits per heavy atom. The molecule has 0 saturated carbocycles. The fraction of sp³-hybridized carbons (Fsp3) is 0.562. The molecule has 2 aliphatic heterocycles. The molecule has 7 nitrogen and oxygen atoms in total. The molecule has 1 aromatic heterocycles. The summed E-state index contributed by atoms with van der Waals surface area (Å²) in [6.07, 6.45) is 2.53. The van der Waals surface area contributed by atoms with Crippen LogP contribution in [0.15, 0.2) is 18.3 Å². The van der Waals surface area contributed by atoms with Gasteiger partial charge in [-0.05, 0) is 25.5 Å². The van der Waals surface area contributed by atoms with Crippen LogP contribution in [0, 0.1) is 5.92 Å². The highest BCUT2D eigenvalue weighted by atomic mass is 16.5. The van der Waals surface area contributed by atoms with Crippen LogP contribution in [0.25, 0.3) is 0 Å². The number of hydrogen-bond donors (Lipinski definition) is 1. The van der Waals surface area contributed by atoms with Crippen molar-refractivity contribution in [1.29, 1.82) is 0 Å². The van der Waals surface area contributed by atoms with Crippen LogP contribution in [0.2, 0.25) is 0 Å². The molecule has 0 radical (unpaired) electrons. The van der Waals surface area contributed by atoms with E-state index in [9.17, 15) is 9.59 Å². The Morgan fingerprint density at radius 2 is 2.26 bits per heavy atom. The van der Waals surface area contributed by atoms with Gasteiger partial charge in [0.1, 0.15) is 5.69 Å². The number of esters is 1. The smallest absolute Gasteiger partial charge is 0.356 e. The minimum Gasteiger partial charge on any atom is -0.461 e. The summed E-state index contributed by atoms with van der Waals surface area (Å²) in [6, 6.07) is 3.68. The van der Waals surface area contributed by atoms with Gasteiger partial charge in [0.25, 0.3) is 0 Å². The lowest BCUT2D eigenvalue weighted by Crippen LogP contribution is -2.56. The number of hydrogen-bond acceptors (Lipinski definition) is 6. The van der Waals surface area contributed by atoms with Crippen molar-refractivity contribution >= 4 is 17.6 Å². The summed E-state index contributed by atoms with van der Waals surface area (Å²) in [5.41, 5.74) is 0.826. The Labute approximate surface area is 135 Å². The number of amides is 1. The van der Waals surface area contributed by atoms with Crippen LogP contribution in [0.5, 0.6) is 0 Å². The lowest BCUT2D eigenvalue weighted by atomic mass is 9.96. The van der Waals surface area contributed by atoms with Gasteiger partial charge < -0.3 is 14.8 Å². The number of nitrogens with one attached hydrogen (secondary N) is 1. The predicted molar refractivity (Wildman–Crippen MR) is 83.1 cm³/mol. The fourth-order valence-electron chi connectivity index (χ4n) is 2.82. The van der Waals surface area contributed by atoms with Gasteiger partial charge in [0.05, 0.1) is 31.0 Å². The summed E-state index contributed by atoms with van der Waals surface area (Å²) in [7, 11) is 0. The topological polar surface area (TPSA) is 80.8 Å². The second-order valence-electron chi connectivity index (χ2n) is 5.81. The Bertz CT molecular complexity index is 563. The average Bonchev–Trinajstić information content (AvgIpc) is 3.00. The Balaban J connectivity index is 1.48. The van der Waals surface area contributed by atoms with Gasteiger partial charge >= 0.3 is 5.97 Å². The van der Waals surface area contributed by atoms with E-state index in [0.717, 1.165) is 32.7 Å². The quantitative estimate of drug-likeness (QED) is 0.813. The highest BCUT2D eigenvalue weighted by Crippen LogP contribution is 2.24. The van der Waals surface area contributed by atoms with E-state index >= 15 is 0 Å². The first-order chi connectivity index (χ1) is 11.2. The van der Waals surface area contributed by atoms with Crippen LogP contribution in [0.3, 0.4) is 0 Å². The number of likely N-dealkylation sites (tertiary alicyclic amines) is 1. The predicted octanol–water partition coefficient (Wildman–Crippen LogP) is 0.917. The SMILES string of the molecule is CCOC(=O)c1ccc(NC(=O)C2CN(C3CCOC3)C2)cn1. The molecule has 7 heteroatoms. The number of pyridine rings is 1. The third kappa shape index (κ3) is 3.68. The monoisotopic (exact) mass is 319 g/mol. The van der Waals surface area contributed by atoms with Gasteiger partial charge in [0, 0.05) is 25.7 Å². The number of anilines is 1. The van der Waals surface area contributed by atoms with Gasteiger partial charge in [-0.25, -0.2) is 9.78 Å². The van der Waals surface area contributed by atoms with Crippen molar-refractivity contribution in [2.75, 3.05) is 38.2 Å². The lowest BCUT2D eigenvalue weighted by Gasteiger charge is -2.41. The molecule has 1 atom stereocenters. The van der Waals surface area contributed by atoms with Gasteiger partial charge in [-0.15, -0.1) is 0 Å². The van der Waals surface area contributed by atoms with Crippen molar-refractivity contribution in [3.05, 3.63) is 24.0 Å². The molecular formula is C16H21N3O4. The largest absolute Gasteiger partial charge is 0.461 e. The first-order valence-electron chi connectivity index (χ1n) is 7.93. The summed E-state index contributed by atoms with van der Waals surface area (Å²) in [5.74, 6) is -0.468. The molecular weight excluding hydrogens is 298 g/mol. The van der Waals surface area contributed by atoms with E-state index in [4.69, 9.17) is 9.47 Å². The maximum Gasteiger partial charge on any atom is 0.356 e. The van der Waals surface area contributed by atoms with E-state index < -0.39 is 5.97 Å². The van der Waals surface area contributed by atoms with Crippen molar-refractivity contribution in [3.63, 3.8) is 0 Å². The molecule has 23 heavy (non-hydrogen) atoms. The number of aromatic nitrogens is 1. The maximum absolute atomic E-state index is 12.2. The third-order valence-corrected chi connectivity index (χ3v) is 4.22. The van der Waals surface area contributed by atoms with Crippen LogP contribution in [-0.2, 0) is 14.3 Å². The Kier molecular flexibility index (Phi) is 4.88. The second-order valence-corrected chi connectivity index (χ2v) is 5.81. The second kappa shape index (κ2) is 7.06. The standard InChI is InChI=1S/C16H21N3O4/c1-2-23-16(21)14-4-3-12(7-17-14)18-15(20)11-8-19(9-11)13-5-6-22-10-13/h3-4,7,11,13H,2,5-6,8-10H2,1H3,(H,18,20). The molecule has 124 valence electrons. The number of ether oxygens (including phenoxy) is 2. The Hall–Kier alpha value is -1.99. The Morgan fingerprint density at radius 3 is 2.87 bits per heavy atom. The summed E-state index contributed by atoms with van der Waals surface area (Å²) in [6.45, 7) is 5.18. The summed E-state index contributed by atoms with van der Waals surface area (Å²) >= 11 is 0. The summed E-state index contributed by atoms with van der Waals surface area (Å²) in [5, 5.41) is 2.84. The molecule has 0 aliphatic carbocycles. The summed E-state index contributed by atoms with van der Waals surface area (Å²) < 4.78 is 10.2. The normalized spacial score (nSPS) is 21.7. The zero-order valence-corrected chi connectivity index (χ0v) is 13.2. The van der Waals surface area contributed by atoms with E-state index in [1.54, 1.807) is 19.1 Å². The highest BCUT2D eigenvalue weighted by Gasteiger charge is 2.37. The van der Waals surface area contributed by atoms with Crippen molar-refractivity contribution in [2.24, 2.45) is 5.92 Å². The van der Waals surface area contributed by atoms with Gasteiger partial charge in [-0.3, -0.25) is 9.69 Å².